The maximum atomic E-state index is 11.1. The van der Waals surface area contributed by atoms with Crippen molar-refractivity contribution in [2.45, 2.75) is 0 Å². The summed E-state index contributed by atoms with van der Waals surface area (Å²) in [5.74, 6) is -0.476. The van der Waals surface area contributed by atoms with E-state index in [1.807, 2.05) is 11.4 Å². The monoisotopic (exact) mass is 268 g/mol. The van der Waals surface area contributed by atoms with Crippen molar-refractivity contribution in [1.29, 1.82) is 0 Å². The lowest BCUT2D eigenvalue weighted by atomic mass is 10.1. The zero-order valence-corrected chi connectivity index (χ0v) is 9.39. The van der Waals surface area contributed by atoms with E-state index in [4.69, 9.17) is 0 Å². The highest BCUT2D eigenvalue weighted by atomic mass is 79.9. The summed E-state index contributed by atoms with van der Waals surface area (Å²) in [6, 6.07) is 5.24. The molecule has 2 aromatic rings. The van der Waals surface area contributed by atoms with Crippen molar-refractivity contribution in [1.82, 2.24) is 0 Å². The minimum Gasteiger partial charge on any atom is -0.294 e. The number of carbonyl (C=O) groups is 2. The summed E-state index contributed by atoms with van der Waals surface area (Å²) in [5.41, 5.74) is 0.446. The fraction of sp³-hybridized carbons (Fsp3) is 0. The van der Waals surface area contributed by atoms with Gasteiger partial charge in [0.2, 0.25) is 5.78 Å². The van der Waals surface area contributed by atoms with Gasteiger partial charge >= 0.3 is 0 Å². The van der Waals surface area contributed by atoms with Gasteiger partial charge < -0.3 is 0 Å². The number of carbonyl (C=O) groups excluding carboxylic acids is 2. The Balaban J connectivity index is 2.62. The lowest BCUT2D eigenvalue weighted by Gasteiger charge is -1.94. The van der Waals surface area contributed by atoms with Gasteiger partial charge in [0.05, 0.1) is 0 Å². The molecular formula is C10H5BrO2S. The van der Waals surface area contributed by atoms with Crippen molar-refractivity contribution in [2.24, 2.45) is 0 Å². The van der Waals surface area contributed by atoms with Crippen LogP contribution in [0.4, 0.5) is 0 Å². The number of rotatable bonds is 2. The Morgan fingerprint density at radius 2 is 2.21 bits per heavy atom. The van der Waals surface area contributed by atoms with E-state index >= 15 is 0 Å². The van der Waals surface area contributed by atoms with Crippen LogP contribution in [0.15, 0.2) is 28.1 Å². The van der Waals surface area contributed by atoms with Gasteiger partial charge in [0.15, 0.2) is 6.29 Å². The van der Waals surface area contributed by atoms with Gasteiger partial charge in [-0.25, -0.2) is 0 Å². The van der Waals surface area contributed by atoms with Crippen molar-refractivity contribution >= 4 is 49.4 Å². The van der Waals surface area contributed by atoms with E-state index in [9.17, 15) is 9.59 Å². The average Bonchev–Trinajstić information content (AvgIpc) is 2.59. The quantitative estimate of drug-likeness (QED) is 0.477. The van der Waals surface area contributed by atoms with Gasteiger partial charge in [0, 0.05) is 25.5 Å². The maximum absolute atomic E-state index is 11.1. The normalized spacial score (nSPS) is 10.4. The van der Waals surface area contributed by atoms with Gasteiger partial charge in [-0.15, -0.1) is 11.3 Å². The van der Waals surface area contributed by atoms with Crippen LogP contribution in [0.3, 0.4) is 0 Å². The van der Waals surface area contributed by atoms with Crippen molar-refractivity contribution < 1.29 is 9.59 Å². The number of thiophene rings is 1. The molecule has 0 atom stereocenters. The second kappa shape index (κ2) is 3.63. The second-order valence-corrected chi connectivity index (χ2v) is 4.54. The number of aldehydes is 1. The third-order valence-corrected chi connectivity index (χ3v) is 3.82. The molecule has 0 fully saturated rings. The molecule has 0 aliphatic carbocycles. The summed E-state index contributed by atoms with van der Waals surface area (Å²) >= 11 is 4.94. The molecule has 0 radical (unpaired) electrons. The summed E-state index contributed by atoms with van der Waals surface area (Å²) < 4.78 is 2.02. The van der Waals surface area contributed by atoms with Crippen LogP contribution >= 0.6 is 27.3 Å². The van der Waals surface area contributed by atoms with Crippen molar-refractivity contribution in [2.75, 3.05) is 0 Å². The van der Waals surface area contributed by atoms with E-state index < -0.39 is 5.78 Å². The molecule has 0 aliphatic heterocycles. The molecule has 1 aromatic carbocycles. The number of halogens is 1. The SMILES string of the molecule is O=CC(=O)c1ccc2c(Br)csc2c1. The Kier molecular flexibility index (Phi) is 2.48. The van der Waals surface area contributed by atoms with Crippen LogP contribution in [0.1, 0.15) is 10.4 Å². The summed E-state index contributed by atoms with van der Waals surface area (Å²) in [7, 11) is 0. The summed E-state index contributed by atoms with van der Waals surface area (Å²) in [6.07, 6.45) is 0.337. The van der Waals surface area contributed by atoms with Crippen LogP contribution in [0.25, 0.3) is 10.1 Å². The summed E-state index contributed by atoms with van der Waals surface area (Å²) in [4.78, 5) is 21.4. The van der Waals surface area contributed by atoms with E-state index in [0.29, 0.717) is 11.8 Å². The molecule has 4 heteroatoms. The minimum absolute atomic E-state index is 0.337. The van der Waals surface area contributed by atoms with Crippen LogP contribution < -0.4 is 0 Å². The predicted molar refractivity (Wildman–Crippen MR) is 59.9 cm³/mol. The molecule has 2 nitrogen and oxygen atoms in total. The zero-order chi connectivity index (χ0) is 10.1. The molecule has 1 aromatic heterocycles. The van der Waals surface area contributed by atoms with Crippen LogP contribution in [-0.4, -0.2) is 12.1 Å². The van der Waals surface area contributed by atoms with Crippen LogP contribution in [0, 0.1) is 0 Å². The third-order valence-electron chi connectivity index (χ3n) is 1.92. The second-order valence-electron chi connectivity index (χ2n) is 2.78. The first kappa shape index (κ1) is 9.55. The molecule has 0 aliphatic rings. The summed E-state index contributed by atoms with van der Waals surface area (Å²) in [6.45, 7) is 0. The topological polar surface area (TPSA) is 34.1 Å². The number of fused-ring (bicyclic) bond motifs is 1. The molecule has 0 amide bonds. The fourth-order valence-corrected chi connectivity index (χ4v) is 2.83. The molecule has 0 bridgehead atoms. The Hall–Kier alpha value is -1.00. The number of hydrogen-bond donors (Lipinski definition) is 0. The Morgan fingerprint density at radius 3 is 2.93 bits per heavy atom. The number of Topliss-reactive ketones (excluding diaryl/α,β-unsaturated/α-hetero) is 1. The van der Waals surface area contributed by atoms with Crippen molar-refractivity contribution in [3.63, 3.8) is 0 Å². The molecule has 0 spiro atoms. The number of hydrogen-bond acceptors (Lipinski definition) is 3. The number of benzene rings is 1. The van der Waals surface area contributed by atoms with E-state index in [1.165, 1.54) is 0 Å². The highest BCUT2D eigenvalue weighted by Crippen LogP contribution is 2.30. The van der Waals surface area contributed by atoms with E-state index in [1.54, 1.807) is 23.5 Å². The lowest BCUT2D eigenvalue weighted by Crippen LogP contribution is -1.98. The molecule has 0 saturated carbocycles. The molecule has 14 heavy (non-hydrogen) atoms. The average molecular weight is 269 g/mol. The largest absolute Gasteiger partial charge is 0.294 e. The van der Waals surface area contributed by atoms with Gasteiger partial charge in [0.1, 0.15) is 0 Å². The van der Waals surface area contributed by atoms with Crippen LogP contribution in [-0.2, 0) is 4.79 Å². The van der Waals surface area contributed by atoms with Gasteiger partial charge in [-0.1, -0.05) is 12.1 Å². The molecular weight excluding hydrogens is 264 g/mol. The Bertz CT molecular complexity index is 516. The fourth-order valence-electron chi connectivity index (χ4n) is 1.22. The van der Waals surface area contributed by atoms with Crippen molar-refractivity contribution in [3.05, 3.63) is 33.6 Å². The molecule has 0 saturated heterocycles. The molecule has 2 rings (SSSR count). The first-order chi connectivity index (χ1) is 6.72. The van der Waals surface area contributed by atoms with Gasteiger partial charge in [-0.3, -0.25) is 9.59 Å². The standard InChI is InChI=1S/C10H5BrO2S/c11-8-5-14-10-3-6(9(13)4-12)1-2-7(8)10/h1-5H. The third kappa shape index (κ3) is 1.51. The van der Waals surface area contributed by atoms with Gasteiger partial charge in [0.25, 0.3) is 0 Å². The van der Waals surface area contributed by atoms with Crippen molar-refractivity contribution in [3.8, 4) is 0 Å². The predicted octanol–water partition coefficient (Wildman–Crippen LogP) is 3.05. The highest BCUT2D eigenvalue weighted by Gasteiger charge is 2.07. The minimum atomic E-state index is -0.476. The molecule has 70 valence electrons. The molecule has 0 unspecified atom stereocenters. The maximum Gasteiger partial charge on any atom is 0.225 e. The van der Waals surface area contributed by atoms with Gasteiger partial charge in [-0.2, -0.15) is 0 Å². The van der Waals surface area contributed by atoms with Crippen LogP contribution in [0.5, 0.6) is 0 Å². The Labute approximate surface area is 92.7 Å². The summed E-state index contributed by atoms with van der Waals surface area (Å²) in [5, 5.41) is 3.03. The van der Waals surface area contributed by atoms with E-state index in [2.05, 4.69) is 15.9 Å². The lowest BCUT2D eigenvalue weighted by molar-refractivity contribution is -0.104. The zero-order valence-electron chi connectivity index (χ0n) is 6.99. The van der Waals surface area contributed by atoms with E-state index in [-0.39, 0.29) is 0 Å². The molecule has 1 heterocycles. The molecule has 0 N–H and O–H groups in total. The first-order valence-corrected chi connectivity index (χ1v) is 5.56. The first-order valence-electron chi connectivity index (χ1n) is 3.88. The van der Waals surface area contributed by atoms with Crippen LogP contribution in [0.2, 0.25) is 0 Å². The smallest absolute Gasteiger partial charge is 0.225 e. The van der Waals surface area contributed by atoms with E-state index in [0.717, 1.165) is 14.6 Å². The van der Waals surface area contributed by atoms with Gasteiger partial charge in [-0.05, 0) is 22.0 Å². The number of ketones is 1. The Morgan fingerprint density at radius 1 is 1.43 bits per heavy atom. The highest BCUT2D eigenvalue weighted by molar-refractivity contribution is 9.10.